The number of hydrogen-bond donors (Lipinski definition) is 1. The zero-order valence-corrected chi connectivity index (χ0v) is 20.1. The van der Waals surface area contributed by atoms with Crippen LogP contribution in [0.3, 0.4) is 0 Å². The van der Waals surface area contributed by atoms with E-state index in [1.54, 1.807) is 6.20 Å². The van der Waals surface area contributed by atoms with Gasteiger partial charge in [-0.1, -0.05) is 24.6 Å². The fraction of sp³-hybridized carbons (Fsp3) is 0.500. The summed E-state index contributed by atoms with van der Waals surface area (Å²) >= 11 is 6.40. The van der Waals surface area contributed by atoms with Gasteiger partial charge in [-0.3, -0.25) is 4.57 Å². The van der Waals surface area contributed by atoms with Gasteiger partial charge in [-0.2, -0.15) is 0 Å². The first-order chi connectivity index (χ1) is 16.1. The summed E-state index contributed by atoms with van der Waals surface area (Å²) in [5, 5.41) is 14.0. The smallest absolute Gasteiger partial charge is 0.213 e. The molecule has 0 spiro atoms. The lowest BCUT2D eigenvalue weighted by atomic mass is 9.86. The van der Waals surface area contributed by atoms with Crippen molar-refractivity contribution in [2.24, 2.45) is 0 Å². The van der Waals surface area contributed by atoms with Gasteiger partial charge in [-0.15, -0.1) is 10.2 Å². The third kappa shape index (κ3) is 4.92. The molecule has 1 saturated carbocycles. The van der Waals surface area contributed by atoms with Gasteiger partial charge in [-0.25, -0.2) is 4.98 Å². The van der Waals surface area contributed by atoms with E-state index in [1.165, 1.54) is 11.3 Å². The Morgan fingerprint density at radius 1 is 1.12 bits per heavy atom. The summed E-state index contributed by atoms with van der Waals surface area (Å²) in [7, 11) is 0. The molecule has 174 valence electrons. The molecule has 6 nitrogen and oxygen atoms in total. The number of aromatic nitrogens is 4. The van der Waals surface area contributed by atoms with E-state index in [9.17, 15) is 0 Å². The van der Waals surface area contributed by atoms with Crippen LogP contribution >= 0.6 is 11.6 Å². The molecular weight excluding hydrogens is 434 g/mol. The normalized spacial score (nSPS) is 23.3. The molecule has 3 aromatic rings. The van der Waals surface area contributed by atoms with Crippen molar-refractivity contribution in [2.75, 3.05) is 0 Å². The molecule has 0 saturated heterocycles. The average Bonchev–Trinajstić information content (AvgIpc) is 3.17. The predicted octanol–water partition coefficient (Wildman–Crippen LogP) is 5.28. The first-order valence-electron chi connectivity index (χ1n) is 12.2. The Morgan fingerprint density at radius 3 is 2.73 bits per heavy atom. The molecule has 1 N–H and O–H groups in total. The second kappa shape index (κ2) is 9.82. The number of nitrogens with zero attached hydrogens (tertiary/aromatic N) is 4. The number of ether oxygens (including phenoxy) is 1. The Hall–Kier alpha value is -2.44. The second-order valence-corrected chi connectivity index (χ2v) is 9.86. The van der Waals surface area contributed by atoms with Gasteiger partial charge < -0.3 is 10.1 Å². The summed E-state index contributed by atoms with van der Waals surface area (Å²) in [5.41, 5.74) is 2.44. The van der Waals surface area contributed by atoms with Crippen molar-refractivity contribution in [3.63, 3.8) is 0 Å². The number of pyridine rings is 1. The highest BCUT2D eigenvalue weighted by Gasteiger charge is 2.32. The number of nitrogens with one attached hydrogen (secondary N) is 1. The van der Waals surface area contributed by atoms with Crippen molar-refractivity contribution in [1.82, 2.24) is 25.1 Å². The summed E-state index contributed by atoms with van der Waals surface area (Å²) in [6, 6.07) is 12.8. The Labute approximate surface area is 200 Å². The van der Waals surface area contributed by atoms with Crippen molar-refractivity contribution in [3.8, 4) is 11.6 Å². The van der Waals surface area contributed by atoms with E-state index in [1.807, 2.05) is 24.3 Å². The van der Waals surface area contributed by atoms with Gasteiger partial charge in [0.15, 0.2) is 0 Å². The summed E-state index contributed by atoms with van der Waals surface area (Å²) in [4.78, 5) is 4.31. The highest BCUT2D eigenvalue weighted by Crippen LogP contribution is 2.37. The van der Waals surface area contributed by atoms with Crippen LogP contribution < -0.4 is 10.1 Å². The van der Waals surface area contributed by atoms with E-state index in [0.29, 0.717) is 23.9 Å². The number of rotatable bonds is 6. The number of benzene rings is 1. The Kier molecular flexibility index (Phi) is 6.65. The SMILES string of the molecule is CCC(C)N[C@H]1Cc2cc(Cl)ccc2-n2c(nnc2[C@H]2CC[C@H](Oc3ccccn3)CC2)C1. The van der Waals surface area contributed by atoms with Gasteiger partial charge in [0.2, 0.25) is 5.88 Å². The largest absolute Gasteiger partial charge is 0.474 e. The maximum absolute atomic E-state index is 6.40. The van der Waals surface area contributed by atoms with Crippen LogP contribution in [-0.4, -0.2) is 37.9 Å². The van der Waals surface area contributed by atoms with E-state index in [2.05, 4.69) is 45.9 Å². The van der Waals surface area contributed by atoms with Crippen LogP contribution in [0.2, 0.25) is 5.02 Å². The summed E-state index contributed by atoms with van der Waals surface area (Å²) < 4.78 is 8.42. The minimum Gasteiger partial charge on any atom is -0.474 e. The molecule has 33 heavy (non-hydrogen) atoms. The minimum atomic E-state index is 0.206. The van der Waals surface area contributed by atoms with Crippen LogP contribution in [0.25, 0.3) is 5.69 Å². The molecule has 0 bridgehead atoms. The van der Waals surface area contributed by atoms with Crippen molar-refractivity contribution < 1.29 is 4.74 Å². The fourth-order valence-corrected chi connectivity index (χ4v) is 5.34. The molecule has 1 fully saturated rings. The number of hydrogen-bond acceptors (Lipinski definition) is 5. The van der Waals surface area contributed by atoms with Crippen LogP contribution in [0.15, 0.2) is 42.6 Å². The zero-order valence-electron chi connectivity index (χ0n) is 19.4. The Balaban J connectivity index is 1.38. The van der Waals surface area contributed by atoms with Gasteiger partial charge in [0, 0.05) is 41.7 Å². The highest BCUT2D eigenvalue weighted by molar-refractivity contribution is 6.30. The molecule has 0 radical (unpaired) electrons. The molecule has 1 aliphatic heterocycles. The van der Waals surface area contributed by atoms with Crippen LogP contribution in [0.4, 0.5) is 0 Å². The standard InChI is InChI=1S/C26H32ClN5O/c1-3-17(2)29-21-15-19-14-20(27)9-12-23(19)32-24(16-21)30-31-26(32)18-7-10-22(11-8-18)33-25-6-4-5-13-28-25/h4-6,9,12-14,17-18,21-22,29H,3,7-8,10-11,15-16H2,1-2H3/t17?,18-,21-,22-/m0/s1. The van der Waals surface area contributed by atoms with Gasteiger partial charge >= 0.3 is 0 Å². The van der Waals surface area contributed by atoms with Gasteiger partial charge in [0.1, 0.15) is 17.8 Å². The van der Waals surface area contributed by atoms with Crippen molar-refractivity contribution in [2.45, 2.75) is 82.9 Å². The lowest BCUT2D eigenvalue weighted by molar-refractivity contribution is 0.139. The maximum Gasteiger partial charge on any atom is 0.213 e. The molecular formula is C26H32ClN5O. The van der Waals surface area contributed by atoms with Gasteiger partial charge in [0.25, 0.3) is 0 Å². The van der Waals surface area contributed by atoms with Gasteiger partial charge in [-0.05, 0) is 75.3 Å². The lowest BCUT2D eigenvalue weighted by Crippen LogP contribution is -2.39. The summed E-state index contributed by atoms with van der Waals surface area (Å²) in [6.45, 7) is 4.46. The van der Waals surface area contributed by atoms with Gasteiger partial charge in [0.05, 0.1) is 5.69 Å². The van der Waals surface area contributed by atoms with E-state index < -0.39 is 0 Å². The molecule has 5 rings (SSSR count). The average molecular weight is 466 g/mol. The van der Waals surface area contributed by atoms with E-state index >= 15 is 0 Å². The highest BCUT2D eigenvalue weighted by atomic mass is 35.5. The molecule has 2 atom stereocenters. The van der Waals surface area contributed by atoms with Crippen LogP contribution in [-0.2, 0) is 12.8 Å². The van der Waals surface area contributed by atoms with Crippen molar-refractivity contribution in [3.05, 3.63) is 64.8 Å². The number of halogens is 1. The molecule has 1 aromatic carbocycles. The molecule has 1 unspecified atom stereocenters. The zero-order chi connectivity index (χ0) is 22.8. The molecule has 3 heterocycles. The number of fused-ring (bicyclic) bond motifs is 3. The molecule has 2 aliphatic rings. The quantitative estimate of drug-likeness (QED) is 0.536. The Morgan fingerprint density at radius 2 is 1.97 bits per heavy atom. The van der Waals surface area contributed by atoms with Crippen LogP contribution in [0.5, 0.6) is 5.88 Å². The third-order valence-electron chi connectivity index (χ3n) is 7.03. The molecule has 0 amide bonds. The molecule has 2 aromatic heterocycles. The van der Waals surface area contributed by atoms with Crippen LogP contribution in [0.1, 0.15) is 69.1 Å². The first kappa shape index (κ1) is 22.4. The monoisotopic (exact) mass is 465 g/mol. The second-order valence-electron chi connectivity index (χ2n) is 9.42. The van der Waals surface area contributed by atoms with Crippen molar-refractivity contribution >= 4 is 11.6 Å². The van der Waals surface area contributed by atoms with Crippen LogP contribution in [0, 0.1) is 0 Å². The first-order valence-corrected chi connectivity index (χ1v) is 12.5. The minimum absolute atomic E-state index is 0.206. The molecule has 7 heteroatoms. The fourth-order valence-electron chi connectivity index (χ4n) is 5.15. The van der Waals surface area contributed by atoms with E-state index in [4.69, 9.17) is 21.4 Å². The topological polar surface area (TPSA) is 64.9 Å². The molecule has 1 aliphatic carbocycles. The van der Waals surface area contributed by atoms with E-state index in [-0.39, 0.29) is 6.10 Å². The lowest BCUT2D eigenvalue weighted by Gasteiger charge is -2.28. The predicted molar refractivity (Wildman–Crippen MR) is 130 cm³/mol. The van der Waals surface area contributed by atoms with Crippen molar-refractivity contribution in [1.29, 1.82) is 0 Å². The van der Waals surface area contributed by atoms with E-state index in [0.717, 1.165) is 61.6 Å². The maximum atomic E-state index is 6.40. The third-order valence-corrected chi connectivity index (χ3v) is 7.27. The summed E-state index contributed by atoms with van der Waals surface area (Å²) in [6.07, 6.45) is 8.94. The summed E-state index contributed by atoms with van der Waals surface area (Å²) in [5.74, 6) is 3.20. The Bertz CT molecular complexity index is 1080.